The number of aromatic nitrogens is 1. The SMILES string of the molecule is CCCC(Cl)CCc1cnc(C(F)(F)F)s1. The van der Waals surface area contributed by atoms with Crippen LogP contribution >= 0.6 is 22.9 Å². The zero-order valence-corrected chi connectivity index (χ0v) is 10.4. The molecule has 0 amide bonds. The summed E-state index contributed by atoms with van der Waals surface area (Å²) in [6.45, 7) is 2.03. The van der Waals surface area contributed by atoms with E-state index in [0.717, 1.165) is 12.8 Å². The van der Waals surface area contributed by atoms with Gasteiger partial charge in [0.05, 0.1) is 0 Å². The van der Waals surface area contributed by atoms with Gasteiger partial charge in [-0.1, -0.05) is 13.3 Å². The third-order valence-corrected chi connectivity index (χ3v) is 3.64. The highest BCUT2D eigenvalue weighted by Crippen LogP contribution is 2.33. The Morgan fingerprint density at radius 1 is 1.44 bits per heavy atom. The van der Waals surface area contributed by atoms with Crippen molar-refractivity contribution in [1.29, 1.82) is 0 Å². The van der Waals surface area contributed by atoms with Crippen molar-refractivity contribution < 1.29 is 13.2 Å². The van der Waals surface area contributed by atoms with E-state index in [0.29, 0.717) is 29.1 Å². The number of hydrogen-bond acceptors (Lipinski definition) is 2. The molecule has 1 unspecified atom stereocenters. The number of alkyl halides is 4. The fourth-order valence-corrected chi connectivity index (χ4v) is 2.43. The number of aryl methyl sites for hydroxylation is 1. The lowest BCUT2D eigenvalue weighted by Crippen LogP contribution is -2.02. The monoisotopic (exact) mass is 271 g/mol. The van der Waals surface area contributed by atoms with E-state index in [4.69, 9.17) is 11.6 Å². The molecular formula is C10H13ClF3NS. The van der Waals surface area contributed by atoms with Crippen molar-refractivity contribution in [2.24, 2.45) is 0 Å². The van der Waals surface area contributed by atoms with E-state index in [2.05, 4.69) is 4.98 Å². The molecule has 0 aliphatic carbocycles. The first-order chi connectivity index (χ1) is 7.43. The Kier molecular flexibility index (Phi) is 5.05. The summed E-state index contributed by atoms with van der Waals surface area (Å²) in [5, 5.41) is -0.731. The number of nitrogens with zero attached hydrogens (tertiary/aromatic N) is 1. The van der Waals surface area contributed by atoms with Gasteiger partial charge in [0.15, 0.2) is 5.01 Å². The molecule has 0 N–H and O–H groups in total. The fourth-order valence-electron chi connectivity index (χ4n) is 1.31. The summed E-state index contributed by atoms with van der Waals surface area (Å²) in [5.74, 6) is 0. The summed E-state index contributed by atoms with van der Waals surface area (Å²) in [6, 6.07) is 0. The number of thiazole rings is 1. The lowest BCUT2D eigenvalue weighted by Gasteiger charge is -2.05. The standard InChI is InChI=1S/C10H13ClF3NS/c1-2-3-7(11)4-5-8-6-15-9(16-8)10(12,13)14/h6-7H,2-5H2,1H3. The summed E-state index contributed by atoms with van der Waals surface area (Å²) < 4.78 is 36.7. The second kappa shape index (κ2) is 5.87. The molecule has 92 valence electrons. The molecule has 0 aliphatic heterocycles. The van der Waals surface area contributed by atoms with Gasteiger partial charge in [-0.2, -0.15) is 13.2 Å². The molecule has 6 heteroatoms. The summed E-state index contributed by atoms with van der Waals surface area (Å²) in [6.07, 6.45) is 0.129. The third-order valence-electron chi connectivity index (χ3n) is 2.10. The molecule has 0 fully saturated rings. The van der Waals surface area contributed by atoms with Crippen LogP contribution < -0.4 is 0 Å². The lowest BCUT2D eigenvalue weighted by molar-refractivity contribution is -0.137. The molecule has 0 bridgehead atoms. The Balaban J connectivity index is 2.47. The molecule has 0 spiro atoms. The Morgan fingerprint density at radius 2 is 2.12 bits per heavy atom. The Morgan fingerprint density at radius 3 is 2.62 bits per heavy atom. The average Bonchev–Trinajstić information content (AvgIpc) is 2.63. The van der Waals surface area contributed by atoms with Crippen molar-refractivity contribution >= 4 is 22.9 Å². The lowest BCUT2D eigenvalue weighted by atomic mass is 10.1. The summed E-state index contributed by atoms with van der Waals surface area (Å²) in [5.41, 5.74) is 0. The zero-order chi connectivity index (χ0) is 12.2. The van der Waals surface area contributed by atoms with Gasteiger partial charge in [-0.05, 0) is 19.3 Å². The van der Waals surface area contributed by atoms with Crippen LogP contribution in [0.25, 0.3) is 0 Å². The summed E-state index contributed by atoms with van der Waals surface area (Å²) in [7, 11) is 0. The maximum atomic E-state index is 12.2. The van der Waals surface area contributed by atoms with Gasteiger partial charge in [0.2, 0.25) is 0 Å². The molecular weight excluding hydrogens is 259 g/mol. The highest BCUT2D eigenvalue weighted by Gasteiger charge is 2.34. The molecule has 1 rings (SSSR count). The minimum absolute atomic E-state index is 0.0430. The quantitative estimate of drug-likeness (QED) is 0.719. The van der Waals surface area contributed by atoms with Crippen LogP contribution in [0.1, 0.15) is 36.1 Å². The first-order valence-electron chi connectivity index (χ1n) is 5.09. The Labute approximate surface area is 102 Å². The maximum Gasteiger partial charge on any atom is 0.443 e. The number of halogens is 4. The van der Waals surface area contributed by atoms with Crippen molar-refractivity contribution in [3.05, 3.63) is 16.1 Å². The van der Waals surface area contributed by atoms with Crippen molar-refractivity contribution in [3.8, 4) is 0 Å². The second-order valence-electron chi connectivity index (χ2n) is 3.55. The van der Waals surface area contributed by atoms with Gasteiger partial charge in [-0.25, -0.2) is 4.98 Å². The predicted molar refractivity (Wildman–Crippen MR) is 60.0 cm³/mol. The van der Waals surface area contributed by atoms with Crippen LogP contribution in [-0.4, -0.2) is 10.4 Å². The molecule has 1 heterocycles. The zero-order valence-electron chi connectivity index (χ0n) is 8.85. The molecule has 1 atom stereocenters. The molecule has 1 aromatic heterocycles. The van der Waals surface area contributed by atoms with Crippen LogP contribution in [0.2, 0.25) is 0 Å². The van der Waals surface area contributed by atoms with Gasteiger partial charge in [-0.15, -0.1) is 22.9 Å². The van der Waals surface area contributed by atoms with Crippen molar-refractivity contribution in [1.82, 2.24) is 4.98 Å². The van der Waals surface area contributed by atoms with E-state index in [1.165, 1.54) is 6.20 Å². The predicted octanol–water partition coefficient (Wildman–Crippen LogP) is 4.50. The van der Waals surface area contributed by atoms with Crippen LogP contribution in [0.15, 0.2) is 6.20 Å². The maximum absolute atomic E-state index is 12.2. The van der Waals surface area contributed by atoms with Crippen LogP contribution in [0.3, 0.4) is 0 Å². The minimum atomic E-state index is -4.33. The van der Waals surface area contributed by atoms with E-state index in [1.54, 1.807) is 0 Å². The van der Waals surface area contributed by atoms with Crippen LogP contribution in [-0.2, 0) is 12.6 Å². The van der Waals surface area contributed by atoms with Crippen molar-refractivity contribution in [2.75, 3.05) is 0 Å². The average molecular weight is 272 g/mol. The van der Waals surface area contributed by atoms with Crippen LogP contribution in [0.4, 0.5) is 13.2 Å². The number of rotatable bonds is 5. The van der Waals surface area contributed by atoms with Crippen molar-refractivity contribution in [2.45, 2.75) is 44.2 Å². The summed E-state index contributed by atoms with van der Waals surface area (Å²) >= 11 is 6.69. The van der Waals surface area contributed by atoms with Gasteiger partial charge in [0.25, 0.3) is 0 Å². The topological polar surface area (TPSA) is 12.9 Å². The first-order valence-corrected chi connectivity index (χ1v) is 6.34. The molecule has 16 heavy (non-hydrogen) atoms. The normalized spacial score (nSPS) is 14.1. The second-order valence-corrected chi connectivity index (χ2v) is 5.29. The van der Waals surface area contributed by atoms with Gasteiger partial charge in [-0.3, -0.25) is 0 Å². The molecule has 0 saturated carbocycles. The van der Waals surface area contributed by atoms with E-state index < -0.39 is 11.2 Å². The molecule has 0 aliphatic rings. The Hall–Kier alpha value is -0.290. The van der Waals surface area contributed by atoms with Gasteiger partial charge in [0, 0.05) is 16.5 Å². The largest absolute Gasteiger partial charge is 0.443 e. The van der Waals surface area contributed by atoms with Gasteiger partial charge < -0.3 is 0 Å². The third kappa shape index (κ3) is 4.29. The molecule has 1 aromatic rings. The van der Waals surface area contributed by atoms with E-state index >= 15 is 0 Å². The highest BCUT2D eigenvalue weighted by atomic mass is 35.5. The van der Waals surface area contributed by atoms with E-state index in [9.17, 15) is 13.2 Å². The van der Waals surface area contributed by atoms with Crippen LogP contribution in [0.5, 0.6) is 0 Å². The van der Waals surface area contributed by atoms with Gasteiger partial charge >= 0.3 is 6.18 Å². The molecule has 0 radical (unpaired) electrons. The van der Waals surface area contributed by atoms with Gasteiger partial charge in [0.1, 0.15) is 0 Å². The summed E-state index contributed by atoms with van der Waals surface area (Å²) in [4.78, 5) is 4.01. The number of hydrogen-bond donors (Lipinski definition) is 0. The smallest absolute Gasteiger partial charge is 0.240 e. The van der Waals surface area contributed by atoms with Crippen molar-refractivity contribution in [3.63, 3.8) is 0 Å². The molecule has 0 saturated heterocycles. The minimum Gasteiger partial charge on any atom is -0.240 e. The first kappa shape index (κ1) is 13.8. The fraction of sp³-hybridized carbons (Fsp3) is 0.700. The Bertz CT molecular complexity index is 324. The van der Waals surface area contributed by atoms with E-state index in [-0.39, 0.29) is 5.38 Å². The molecule has 0 aromatic carbocycles. The highest BCUT2D eigenvalue weighted by molar-refractivity contribution is 7.11. The van der Waals surface area contributed by atoms with Crippen LogP contribution in [0, 0.1) is 0 Å². The van der Waals surface area contributed by atoms with E-state index in [1.807, 2.05) is 6.92 Å². The molecule has 1 nitrogen and oxygen atoms in total.